The van der Waals surface area contributed by atoms with E-state index in [9.17, 15) is 9.90 Å². The summed E-state index contributed by atoms with van der Waals surface area (Å²) in [5, 5.41) is 10.2. The Hall–Kier alpha value is -1.07. The molecule has 1 aromatic rings. The molecule has 1 amide bonds. The molecule has 4 nitrogen and oxygen atoms in total. The van der Waals surface area contributed by atoms with Crippen LogP contribution in [0.2, 0.25) is 0 Å². The van der Waals surface area contributed by atoms with Crippen molar-refractivity contribution < 1.29 is 14.6 Å². The summed E-state index contributed by atoms with van der Waals surface area (Å²) >= 11 is 3.41. The van der Waals surface area contributed by atoms with Crippen LogP contribution >= 0.6 is 15.9 Å². The molecule has 5 heteroatoms. The van der Waals surface area contributed by atoms with Crippen LogP contribution in [0, 0.1) is 0 Å². The summed E-state index contributed by atoms with van der Waals surface area (Å²) in [6, 6.07) is 5.77. The predicted octanol–water partition coefficient (Wildman–Crippen LogP) is 3.62. The average Bonchev–Trinajstić information content (AvgIpc) is 2.48. The second-order valence-electron chi connectivity index (χ2n) is 6.05. The number of amides is 1. The molecule has 0 spiro atoms. The highest BCUT2D eigenvalue weighted by molar-refractivity contribution is 9.10. The minimum atomic E-state index is -0.546. The van der Waals surface area contributed by atoms with Crippen molar-refractivity contribution in [2.75, 3.05) is 6.54 Å². The highest BCUT2D eigenvalue weighted by Crippen LogP contribution is 2.29. The minimum absolute atomic E-state index is 0.333. The molecule has 0 bridgehead atoms. The summed E-state index contributed by atoms with van der Waals surface area (Å²) in [5.74, 6) is 0. The minimum Gasteiger partial charge on any atom is -0.444 e. The fourth-order valence-corrected chi connectivity index (χ4v) is 2.60. The zero-order valence-corrected chi connectivity index (χ0v) is 13.6. The summed E-state index contributed by atoms with van der Waals surface area (Å²) in [4.78, 5) is 13.8. The maximum atomic E-state index is 12.2. The van der Waals surface area contributed by atoms with E-state index in [4.69, 9.17) is 4.74 Å². The van der Waals surface area contributed by atoms with Crippen LogP contribution < -0.4 is 0 Å². The highest BCUT2D eigenvalue weighted by atomic mass is 79.9. The van der Waals surface area contributed by atoms with Gasteiger partial charge in [0.15, 0.2) is 0 Å². The lowest BCUT2D eigenvalue weighted by Gasteiger charge is -2.26. The van der Waals surface area contributed by atoms with E-state index in [-0.39, 0.29) is 6.09 Å². The van der Waals surface area contributed by atoms with Crippen molar-refractivity contribution in [2.24, 2.45) is 0 Å². The molecule has 0 aromatic heterocycles. The van der Waals surface area contributed by atoms with Gasteiger partial charge in [-0.3, -0.25) is 0 Å². The maximum absolute atomic E-state index is 12.2. The molecule has 20 heavy (non-hydrogen) atoms. The van der Waals surface area contributed by atoms with Crippen LogP contribution in [0.4, 0.5) is 4.79 Å². The number of carbonyl (C=O) groups excluding carboxylic acids is 1. The van der Waals surface area contributed by atoms with Crippen molar-refractivity contribution in [3.63, 3.8) is 0 Å². The van der Waals surface area contributed by atoms with Crippen LogP contribution in [0.3, 0.4) is 0 Å². The molecule has 1 aromatic carbocycles. The van der Waals surface area contributed by atoms with E-state index in [1.54, 1.807) is 4.90 Å². The lowest BCUT2D eigenvalue weighted by Crippen LogP contribution is -2.36. The van der Waals surface area contributed by atoms with Crippen molar-refractivity contribution in [1.29, 1.82) is 0 Å². The number of carbonyl (C=O) groups is 1. The average molecular weight is 342 g/mol. The van der Waals surface area contributed by atoms with Crippen molar-refractivity contribution in [3.05, 3.63) is 33.8 Å². The standard InChI is InChI=1S/C15H20BrNO3/c1-15(2,3)20-14(19)17-7-6-13(18)12-8-11(16)5-4-10(12)9-17/h4-5,8,13,18H,6-7,9H2,1-3H3. The first-order valence-electron chi connectivity index (χ1n) is 6.70. The Morgan fingerprint density at radius 1 is 1.45 bits per heavy atom. The molecule has 1 N–H and O–H groups in total. The van der Waals surface area contributed by atoms with Gasteiger partial charge in [-0.2, -0.15) is 0 Å². The van der Waals surface area contributed by atoms with Gasteiger partial charge < -0.3 is 14.7 Å². The molecule has 0 fully saturated rings. The number of aliphatic hydroxyl groups is 1. The predicted molar refractivity (Wildman–Crippen MR) is 80.4 cm³/mol. The number of nitrogens with zero attached hydrogens (tertiary/aromatic N) is 1. The van der Waals surface area contributed by atoms with Gasteiger partial charge in [-0.1, -0.05) is 22.0 Å². The first-order chi connectivity index (χ1) is 9.26. The molecular weight excluding hydrogens is 322 g/mol. The van der Waals surface area contributed by atoms with E-state index in [1.807, 2.05) is 39.0 Å². The Balaban J connectivity index is 2.20. The lowest BCUT2D eigenvalue weighted by molar-refractivity contribution is 0.0220. The summed E-state index contributed by atoms with van der Waals surface area (Å²) < 4.78 is 6.33. The maximum Gasteiger partial charge on any atom is 0.410 e. The Bertz CT molecular complexity index is 510. The first-order valence-corrected chi connectivity index (χ1v) is 7.50. The summed E-state index contributed by atoms with van der Waals surface area (Å²) in [6.07, 6.45) is -0.363. The molecular formula is C15H20BrNO3. The van der Waals surface area contributed by atoms with Gasteiger partial charge in [-0.25, -0.2) is 4.79 Å². The van der Waals surface area contributed by atoms with Gasteiger partial charge in [0.05, 0.1) is 6.10 Å². The fraction of sp³-hybridized carbons (Fsp3) is 0.533. The van der Waals surface area contributed by atoms with Crippen molar-refractivity contribution in [1.82, 2.24) is 4.90 Å². The van der Waals surface area contributed by atoms with Crippen LogP contribution in [0.15, 0.2) is 22.7 Å². The number of aliphatic hydroxyl groups excluding tert-OH is 1. The summed E-state index contributed by atoms with van der Waals surface area (Å²) in [7, 11) is 0. The van der Waals surface area contributed by atoms with Crippen molar-refractivity contribution in [2.45, 2.75) is 45.4 Å². The van der Waals surface area contributed by atoms with Gasteiger partial charge in [0.25, 0.3) is 0 Å². The zero-order valence-electron chi connectivity index (χ0n) is 12.0. The fourth-order valence-electron chi connectivity index (χ4n) is 2.22. The van der Waals surface area contributed by atoms with Crippen LogP contribution in [0.1, 0.15) is 44.4 Å². The molecule has 0 aliphatic carbocycles. The number of halogens is 1. The van der Waals surface area contributed by atoms with Crippen LogP contribution in [0.5, 0.6) is 0 Å². The molecule has 110 valence electrons. The lowest BCUT2D eigenvalue weighted by atomic mass is 10.0. The third-order valence-corrected chi connectivity index (χ3v) is 3.65. The number of fused-ring (bicyclic) bond motifs is 1. The van der Waals surface area contributed by atoms with Gasteiger partial charge in [0, 0.05) is 17.6 Å². The van der Waals surface area contributed by atoms with Crippen LogP contribution in [-0.4, -0.2) is 28.2 Å². The Labute approximate surface area is 127 Å². The Morgan fingerprint density at radius 2 is 2.15 bits per heavy atom. The third-order valence-electron chi connectivity index (χ3n) is 3.15. The monoisotopic (exact) mass is 341 g/mol. The second-order valence-corrected chi connectivity index (χ2v) is 6.97. The summed E-state index contributed by atoms with van der Waals surface area (Å²) in [6.45, 7) is 6.50. The molecule has 2 rings (SSSR count). The zero-order chi connectivity index (χ0) is 14.9. The molecule has 1 aliphatic heterocycles. The second kappa shape index (κ2) is 5.74. The van der Waals surface area contributed by atoms with Gasteiger partial charge in [-0.05, 0) is 50.5 Å². The normalized spacial score (nSPS) is 19.2. The molecule has 1 unspecified atom stereocenters. The molecule has 0 saturated carbocycles. The van der Waals surface area contributed by atoms with Crippen molar-refractivity contribution >= 4 is 22.0 Å². The van der Waals surface area contributed by atoms with E-state index in [2.05, 4.69) is 15.9 Å². The van der Waals surface area contributed by atoms with E-state index >= 15 is 0 Å². The topological polar surface area (TPSA) is 49.8 Å². The quantitative estimate of drug-likeness (QED) is 0.783. The van der Waals surface area contributed by atoms with Gasteiger partial charge >= 0.3 is 6.09 Å². The molecule has 1 heterocycles. The van der Waals surface area contributed by atoms with Gasteiger partial charge in [-0.15, -0.1) is 0 Å². The van der Waals surface area contributed by atoms with E-state index < -0.39 is 11.7 Å². The van der Waals surface area contributed by atoms with Gasteiger partial charge in [0.1, 0.15) is 5.60 Å². The third kappa shape index (κ3) is 3.73. The van der Waals surface area contributed by atoms with E-state index in [0.29, 0.717) is 19.5 Å². The molecule has 0 radical (unpaired) electrons. The number of benzene rings is 1. The smallest absolute Gasteiger partial charge is 0.410 e. The SMILES string of the molecule is CC(C)(C)OC(=O)N1CCC(O)c2cc(Br)ccc2C1. The number of hydrogen-bond donors (Lipinski definition) is 1. The summed E-state index contributed by atoms with van der Waals surface area (Å²) in [5.41, 5.74) is 1.33. The van der Waals surface area contributed by atoms with Crippen LogP contribution in [0.25, 0.3) is 0 Å². The molecule has 1 atom stereocenters. The number of hydrogen-bond acceptors (Lipinski definition) is 3. The van der Waals surface area contributed by atoms with Crippen LogP contribution in [-0.2, 0) is 11.3 Å². The number of rotatable bonds is 0. The van der Waals surface area contributed by atoms with Gasteiger partial charge in [0.2, 0.25) is 0 Å². The Kier molecular flexibility index (Phi) is 4.39. The van der Waals surface area contributed by atoms with E-state index in [0.717, 1.165) is 15.6 Å². The first kappa shape index (κ1) is 15.3. The number of ether oxygens (including phenoxy) is 1. The Morgan fingerprint density at radius 3 is 2.80 bits per heavy atom. The van der Waals surface area contributed by atoms with E-state index in [1.165, 1.54) is 0 Å². The molecule has 1 aliphatic rings. The highest BCUT2D eigenvalue weighted by Gasteiger charge is 2.27. The largest absolute Gasteiger partial charge is 0.444 e. The molecule has 0 saturated heterocycles. The van der Waals surface area contributed by atoms with Crippen molar-refractivity contribution in [3.8, 4) is 0 Å².